The number of nitrogens with zero attached hydrogens (tertiary/aromatic N) is 5. The topological polar surface area (TPSA) is 74.8 Å². The normalized spacial score (nSPS) is 11.8. The van der Waals surface area contributed by atoms with E-state index < -0.39 is 0 Å². The van der Waals surface area contributed by atoms with Crippen molar-refractivity contribution < 1.29 is 4.79 Å². The molecule has 0 aromatic carbocycles. The van der Waals surface area contributed by atoms with Gasteiger partial charge in [0.1, 0.15) is 5.69 Å². The molecule has 0 spiro atoms. The summed E-state index contributed by atoms with van der Waals surface area (Å²) >= 11 is 7.71. The number of hydrogen-bond donors (Lipinski definition) is 0. The van der Waals surface area contributed by atoms with E-state index in [0.29, 0.717) is 24.4 Å². The van der Waals surface area contributed by atoms with Gasteiger partial charge in [-0.3, -0.25) is 9.78 Å². The number of rotatable bonds is 7. The molecule has 0 aliphatic rings. The Labute approximate surface area is 150 Å². The number of nitriles is 1. The smallest absolute Gasteiger partial charge is 0.239 e. The Bertz CT molecular complexity index is 728. The van der Waals surface area contributed by atoms with E-state index in [1.165, 1.54) is 11.8 Å². The molecule has 1 amide bonds. The highest BCUT2D eigenvalue weighted by Crippen LogP contribution is 2.28. The molecular formula is C16H18ClN5OS. The van der Waals surface area contributed by atoms with Crippen LogP contribution in [0, 0.1) is 11.3 Å². The number of carbonyl (C=O) groups excluding carboxylic acids is 1. The molecule has 2 aromatic heterocycles. The van der Waals surface area contributed by atoms with Crippen LogP contribution < -0.4 is 4.90 Å². The molecule has 6 nitrogen and oxygen atoms in total. The summed E-state index contributed by atoms with van der Waals surface area (Å²) in [7, 11) is 0. The highest BCUT2D eigenvalue weighted by molar-refractivity contribution is 8.00. The summed E-state index contributed by atoms with van der Waals surface area (Å²) < 4.78 is 1.61. The first-order chi connectivity index (χ1) is 11.6. The molecule has 0 saturated heterocycles. The third-order valence-corrected chi connectivity index (χ3v) is 4.78. The number of halogens is 1. The maximum atomic E-state index is 12.7. The molecule has 0 radical (unpaired) electrons. The minimum Gasteiger partial charge on any atom is -0.308 e. The molecule has 1 unspecified atom stereocenters. The molecule has 0 bridgehead atoms. The summed E-state index contributed by atoms with van der Waals surface area (Å²) in [5, 5.41) is 12.9. The fourth-order valence-electron chi connectivity index (χ4n) is 2.16. The molecule has 1 atom stereocenters. The van der Waals surface area contributed by atoms with E-state index in [0.717, 1.165) is 5.69 Å². The van der Waals surface area contributed by atoms with Crippen LogP contribution in [-0.2, 0) is 4.79 Å². The first kappa shape index (κ1) is 18.3. The summed E-state index contributed by atoms with van der Waals surface area (Å²) in [6.07, 6.45) is 5.50. The van der Waals surface area contributed by atoms with Crippen LogP contribution in [0.3, 0.4) is 0 Å². The largest absolute Gasteiger partial charge is 0.308 e. The van der Waals surface area contributed by atoms with Crippen LogP contribution in [0.1, 0.15) is 20.3 Å². The Kier molecular flexibility index (Phi) is 6.64. The lowest BCUT2D eigenvalue weighted by atomic mass is 10.3. The van der Waals surface area contributed by atoms with Crippen molar-refractivity contribution in [1.29, 1.82) is 5.26 Å². The fourth-order valence-corrected chi connectivity index (χ4v) is 3.23. The summed E-state index contributed by atoms with van der Waals surface area (Å²) in [4.78, 5) is 18.4. The van der Waals surface area contributed by atoms with Gasteiger partial charge in [-0.05, 0) is 26.0 Å². The van der Waals surface area contributed by atoms with Gasteiger partial charge in [-0.2, -0.15) is 10.4 Å². The van der Waals surface area contributed by atoms with Crippen LogP contribution in [-0.4, -0.2) is 38.2 Å². The summed E-state index contributed by atoms with van der Waals surface area (Å²) in [6, 6.07) is 5.75. The quantitative estimate of drug-likeness (QED) is 0.705. The summed E-state index contributed by atoms with van der Waals surface area (Å²) in [5.41, 5.74) is 1.34. The molecular weight excluding hydrogens is 346 g/mol. The van der Waals surface area contributed by atoms with Crippen molar-refractivity contribution in [2.75, 3.05) is 17.2 Å². The van der Waals surface area contributed by atoms with Gasteiger partial charge < -0.3 is 4.90 Å². The van der Waals surface area contributed by atoms with E-state index in [1.54, 1.807) is 34.2 Å². The van der Waals surface area contributed by atoms with E-state index in [2.05, 4.69) is 16.2 Å². The third kappa shape index (κ3) is 4.28. The van der Waals surface area contributed by atoms with Gasteiger partial charge >= 0.3 is 0 Å². The van der Waals surface area contributed by atoms with Crippen molar-refractivity contribution in [3.05, 3.63) is 35.9 Å². The molecule has 0 aliphatic carbocycles. The van der Waals surface area contributed by atoms with Gasteiger partial charge in [-0.25, -0.2) is 4.68 Å². The minimum atomic E-state index is -0.254. The number of anilines is 1. The first-order valence-corrected chi connectivity index (χ1v) is 8.96. The standard InChI is InChI=1S/C16H18ClN5OS/c1-3-21(16(23)12(2)24-9-5-7-18)14-11-22(20-15(14)17)13-6-4-8-19-10-13/h4,6,8,10-12H,3,5,9H2,1-2H3. The second-order valence-corrected chi connectivity index (χ2v) is 6.77. The third-order valence-electron chi connectivity index (χ3n) is 3.36. The van der Waals surface area contributed by atoms with Crippen LogP contribution in [0.5, 0.6) is 0 Å². The maximum absolute atomic E-state index is 12.7. The number of carbonyl (C=O) groups is 1. The van der Waals surface area contributed by atoms with E-state index in [9.17, 15) is 4.79 Å². The van der Waals surface area contributed by atoms with E-state index in [-0.39, 0.29) is 16.3 Å². The zero-order valence-corrected chi connectivity index (χ0v) is 15.1. The lowest BCUT2D eigenvalue weighted by Gasteiger charge is -2.23. The van der Waals surface area contributed by atoms with Crippen LogP contribution in [0.2, 0.25) is 5.15 Å². The van der Waals surface area contributed by atoms with Gasteiger partial charge in [0.2, 0.25) is 5.91 Å². The SMILES string of the molecule is CCN(C(=O)C(C)SCCC#N)c1cn(-c2cccnc2)nc1Cl. The summed E-state index contributed by atoms with van der Waals surface area (Å²) in [5.74, 6) is 0.581. The number of thioether (sulfide) groups is 1. The Hall–Kier alpha value is -2.04. The van der Waals surface area contributed by atoms with Crippen molar-refractivity contribution in [3.8, 4) is 11.8 Å². The zero-order chi connectivity index (χ0) is 17.5. The Morgan fingerprint density at radius 3 is 3.00 bits per heavy atom. The average Bonchev–Trinajstić information content (AvgIpc) is 2.98. The van der Waals surface area contributed by atoms with E-state index in [1.807, 2.05) is 19.9 Å². The van der Waals surface area contributed by atoms with Crippen LogP contribution in [0.25, 0.3) is 5.69 Å². The molecule has 2 aromatic rings. The van der Waals surface area contributed by atoms with Crippen LogP contribution >= 0.6 is 23.4 Å². The van der Waals surface area contributed by atoms with Crippen molar-refractivity contribution in [2.24, 2.45) is 0 Å². The second-order valence-electron chi connectivity index (χ2n) is 4.96. The highest BCUT2D eigenvalue weighted by atomic mass is 35.5. The van der Waals surface area contributed by atoms with Gasteiger partial charge in [-0.1, -0.05) is 11.6 Å². The number of hydrogen-bond acceptors (Lipinski definition) is 5. The highest BCUT2D eigenvalue weighted by Gasteiger charge is 2.24. The second kappa shape index (κ2) is 8.71. The molecule has 0 aliphatic heterocycles. The Morgan fingerprint density at radius 2 is 2.38 bits per heavy atom. The van der Waals surface area contributed by atoms with Gasteiger partial charge in [0.15, 0.2) is 5.15 Å². The molecule has 2 heterocycles. The molecule has 0 fully saturated rings. The van der Waals surface area contributed by atoms with Gasteiger partial charge in [-0.15, -0.1) is 11.8 Å². The lowest BCUT2D eigenvalue weighted by Crippen LogP contribution is -2.36. The van der Waals surface area contributed by atoms with Crippen molar-refractivity contribution >= 4 is 35.0 Å². The number of pyridine rings is 1. The Morgan fingerprint density at radius 1 is 1.58 bits per heavy atom. The molecule has 0 N–H and O–H groups in total. The van der Waals surface area contributed by atoms with Crippen molar-refractivity contribution in [3.63, 3.8) is 0 Å². The maximum Gasteiger partial charge on any atom is 0.239 e. The van der Waals surface area contributed by atoms with Crippen molar-refractivity contribution in [2.45, 2.75) is 25.5 Å². The molecule has 126 valence electrons. The number of aromatic nitrogens is 3. The predicted molar refractivity (Wildman–Crippen MR) is 96.5 cm³/mol. The van der Waals surface area contributed by atoms with Gasteiger partial charge in [0.25, 0.3) is 0 Å². The van der Waals surface area contributed by atoms with Crippen LogP contribution in [0.4, 0.5) is 5.69 Å². The first-order valence-electron chi connectivity index (χ1n) is 7.54. The molecule has 8 heteroatoms. The van der Waals surface area contributed by atoms with E-state index >= 15 is 0 Å². The minimum absolute atomic E-state index is 0.0481. The van der Waals surface area contributed by atoms with E-state index in [4.69, 9.17) is 16.9 Å². The molecule has 0 saturated carbocycles. The van der Waals surface area contributed by atoms with Crippen molar-refractivity contribution in [1.82, 2.24) is 14.8 Å². The lowest BCUT2D eigenvalue weighted by molar-refractivity contribution is -0.117. The number of amides is 1. The van der Waals surface area contributed by atoms with Crippen LogP contribution in [0.15, 0.2) is 30.7 Å². The van der Waals surface area contributed by atoms with Gasteiger partial charge in [0, 0.05) is 24.9 Å². The molecule has 24 heavy (non-hydrogen) atoms. The molecule has 2 rings (SSSR count). The monoisotopic (exact) mass is 363 g/mol. The fraction of sp³-hybridized carbons (Fsp3) is 0.375. The zero-order valence-electron chi connectivity index (χ0n) is 13.5. The average molecular weight is 364 g/mol. The Balaban J connectivity index is 2.20. The van der Waals surface area contributed by atoms with Gasteiger partial charge in [0.05, 0.1) is 29.4 Å². The summed E-state index contributed by atoms with van der Waals surface area (Å²) in [6.45, 7) is 4.22. The predicted octanol–water partition coefficient (Wildman–Crippen LogP) is 3.31.